The largest absolute Gasteiger partial charge is 0.357 e. The predicted molar refractivity (Wildman–Crippen MR) is 112 cm³/mol. The summed E-state index contributed by atoms with van der Waals surface area (Å²) in [5, 5.41) is 9.37. The number of nitrogens with zero attached hydrogens (tertiary/aromatic N) is 1. The lowest BCUT2D eigenvalue weighted by Crippen LogP contribution is -2.41. The molecule has 0 saturated carbocycles. The van der Waals surface area contributed by atoms with Gasteiger partial charge in [0, 0.05) is 31.7 Å². The zero-order chi connectivity index (χ0) is 16.9. The van der Waals surface area contributed by atoms with Gasteiger partial charge in [0.05, 0.1) is 0 Å². The average molecular weight is 446 g/mol. The van der Waals surface area contributed by atoms with Gasteiger partial charge in [-0.05, 0) is 32.4 Å². The number of rotatable bonds is 9. The van der Waals surface area contributed by atoms with Crippen LogP contribution in [0.5, 0.6) is 0 Å². The van der Waals surface area contributed by atoms with Crippen molar-refractivity contribution in [3.05, 3.63) is 35.4 Å². The molecule has 1 rings (SSSR count). The molecule has 24 heavy (non-hydrogen) atoms. The summed E-state index contributed by atoms with van der Waals surface area (Å²) in [6.07, 6.45) is 3.51. The number of aliphatic imine (C=N–C) groups is 1. The zero-order valence-electron chi connectivity index (χ0n) is 15.0. The van der Waals surface area contributed by atoms with Gasteiger partial charge in [0.2, 0.25) is 0 Å². The lowest BCUT2D eigenvalue weighted by atomic mass is 10.1. The van der Waals surface area contributed by atoms with E-state index < -0.39 is 0 Å². The molecule has 1 aromatic rings. The fraction of sp³-hybridized carbons (Fsp3) is 0.556. The van der Waals surface area contributed by atoms with Crippen molar-refractivity contribution in [3.8, 4) is 0 Å². The summed E-state index contributed by atoms with van der Waals surface area (Å²) in [7, 11) is 0. The number of hydrogen-bond acceptors (Lipinski definition) is 2. The first-order valence-electron chi connectivity index (χ1n) is 8.54. The number of carbonyl (C=O) groups excluding carboxylic acids is 1. The van der Waals surface area contributed by atoms with E-state index in [9.17, 15) is 4.79 Å². The maximum Gasteiger partial charge on any atom is 0.251 e. The summed E-state index contributed by atoms with van der Waals surface area (Å²) in [6.45, 7) is 9.08. The second kappa shape index (κ2) is 14.1. The van der Waals surface area contributed by atoms with Crippen LogP contribution in [0, 0.1) is 6.92 Å². The van der Waals surface area contributed by atoms with Crippen LogP contribution >= 0.6 is 24.0 Å². The predicted octanol–water partition coefficient (Wildman–Crippen LogP) is 3.09. The van der Waals surface area contributed by atoms with Gasteiger partial charge >= 0.3 is 0 Å². The van der Waals surface area contributed by atoms with E-state index >= 15 is 0 Å². The van der Waals surface area contributed by atoms with Gasteiger partial charge in [0.25, 0.3) is 5.91 Å². The quantitative estimate of drug-likeness (QED) is 0.237. The van der Waals surface area contributed by atoms with Gasteiger partial charge in [-0.15, -0.1) is 24.0 Å². The summed E-state index contributed by atoms with van der Waals surface area (Å²) in [5.41, 5.74) is 1.79. The minimum Gasteiger partial charge on any atom is -0.357 e. The topological polar surface area (TPSA) is 65.5 Å². The number of carbonyl (C=O) groups is 1. The van der Waals surface area contributed by atoms with Gasteiger partial charge in [-0.2, -0.15) is 0 Å². The van der Waals surface area contributed by atoms with Crippen molar-refractivity contribution >= 4 is 35.8 Å². The molecule has 0 heterocycles. The number of aryl methyl sites for hydroxylation is 1. The third kappa shape index (κ3) is 9.75. The van der Waals surface area contributed by atoms with E-state index in [4.69, 9.17) is 0 Å². The Kier molecular flexibility index (Phi) is 13.3. The van der Waals surface area contributed by atoms with E-state index in [0.717, 1.165) is 31.0 Å². The first-order chi connectivity index (χ1) is 11.2. The Hall–Kier alpha value is -1.31. The molecule has 0 spiro atoms. The van der Waals surface area contributed by atoms with Crippen molar-refractivity contribution in [1.29, 1.82) is 0 Å². The molecule has 136 valence electrons. The molecule has 0 aromatic heterocycles. The number of nitrogens with one attached hydrogen (secondary N) is 3. The van der Waals surface area contributed by atoms with Crippen LogP contribution in [0.1, 0.15) is 49.0 Å². The molecule has 0 fully saturated rings. The summed E-state index contributed by atoms with van der Waals surface area (Å²) in [6, 6.07) is 7.60. The Labute approximate surface area is 163 Å². The molecule has 0 saturated heterocycles. The van der Waals surface area contributed by atoms with Crippen molar-refractivity contribution in [2.75, 3.05) is 26.2 Å². The lowest BCUT2D eigenvalue weighted by Gasteiger charge is -2.12. The summed E-state index contributed by atoms with van der Waals surface area (Å²) < 4.78 is 0. The maximum absolute atomic E-state index is 12.0. The van der Waals surface area contributed by atoms with Gasteiger partial charge in [-0.1, -0.05) is 37.5 Å². The summed E-state index contributed by atoms with van der Waals surface area (Å²) >= 11 is 0. The van der Waals surface area contributed by atoms with Gasteiger partial charge in [0.15, 0.2) is 5.96 Å². The molecule has 6 heteroatoms. The molecule has 0 aliphatic heterocycles. The third-order valence-electron chi connectivity index (χ3n) is 3.36. The molecule has 1 amide bonds. The number of halogens is 1. The monoisotopic (exact) mass is 446 g/mol. The number of amides is 1. The molecule has 1 aromatic carbocycles. The van der Waals surface area contributed by atoms with Crippen LogP contribution in [0.2, 0.25) is 0 Å². The Morgan fingerprint density at radius 3 is 2.50 bits per heavy atom. The van der Waals surface area contributed by atoms with E-state index in [2.05, 4.69) is 27.9 Å². The number of benzene rings is 1. The van der Waals surface area contributed by atoms with Crippen molar-refractivity contribution in [1.82, 2.24) is 16.0 Å². The number of hydrogen-bond donors (Lipinski definition) is 3. The number of guanidine groups is 1. The van der Waals surface area contributed by atoms with Crippen molar-refractivity contribution in [2.24, 2.45) is 4.99 Å². The molecule has 0 aliphatic carbocycles. The van der Waals surface area contributed by atoms with Crippen molar-refractivity contribution in [3.63, 3.8) is 0 Å². The highest BCUT2D eigenvalue weighted by Gasteiger charge is 2.04. The van der Waals surface area contributed by atoms with E-state index in [-0.39, 0.29) is 29.9 Å². The molecule has 0 aliphatic rings. The van der Waals surface area contributed by atoms with Crippen LogP contribution in [0.25, 0.3) is 0 Å². The fourth-order valence-corrected chi connectivity index (χ4v) is 2.14. The third-order valence-corrected chi connectivity index (χ3v) is 3.36. The highest BCUT2D eigenvalue weighted by atomic mass is 127. The molecular formula is C18H31IN4O. The zero-order valence-corrected chi connectivity index (χ0v) is 17.4. The molecular weight excluding hydrogens is 415 g/mol. The van der Waals surface area contributed by atoms with Crippen molar-refractivity contribution < 1.29 is 4.79 Å². The average Bonchev–Trinajstić information content (AvgIpc) is 2.55. The van der Waals surface area contributed by atoms with E-state index in [1.165, 1.54) is 12.8 Å². The Morgan fingerprint density at radius 1 is 1.08 bits per heavy atom. The second-order valence-corrected chi connectivity index (χ2v) is 5.52. The van der Waals surface area contributed by atoms with Gasteiger partial charge in [-0.3, -0.25) is 9.79 Å². The van der Waals surface area contributed by atoms with Gasteiger partial charge in [-0.25, -0.2) is 0 Å². The molecule has 0 atom stereocenters. The van der Waals surface area contributed by atoms with Crippen LogP contribution < -0.4 is 16.0 Å². The minimum absolute atomic E-state index is 0. The first kappa shape index (κ1) is 22.7. The smallest absolute Gasteiger partial charge is 0.251 e. The standard InChI is InChI=1S/C18H30N4O.HI/c1-4-6-7-11-21-18(19-5-2)22-13-12-20-17(23)16-10-8-9-15(3)14-16;/h8-10,14H,4-7,11-13H2,1-3H3,(H,20,23)(H2,19,21,22);1H. The van der Waals surface area contributed by atoms with Crippen LogP contribution in [-0.2, 0) is 0 Å². The molecule has 0 bridgehead atoms. The Morgan fingerprint density at radius 2 is 1.83 bits per heavy atom. The maximum atomic E-state index is 12.0. The van der Waals surface area contributed by atoms with Crippen LogP contribution in [0.3, 0.4) is 0 Å². The fourth-order valence-electron chi connectivity index (χ4n) is 2.14. The van der Waals surface area contributed by atoms with Crippen LogP contribution in [-0.4, -0.2) is 38.0 Å². The van der Waals surface area contributed by atoms with E-state index in [1.807, 2.05) is 38.1 Å². The highest BCUT2D eigenvalue weighted by Crippen LogP contribution is 2.03. The Balaban J connectivity index is 0.00000529. The van der Waals surface area contributed by atoms with Crippen LogP contribution in [0.15, 0.2) is 29.3 Å². The van der Waals surface area contributed by atoms with Crippen LogP contribution in [0.4, 0.5) is 0 Å². The highest BCUT2D eigenvalue weighted by molar-refractivity contribution is 14.0. The molecule has 3 N–H and O–H groups in total. The molecule has 5 nitrogen and oxygen atoms in total. The minimum atomic E-state index is -0.0413. The summed E-state index contributed by atoms with van der Waals surface area (Å²) in [4.78, 5) is 16.5. The first-order valence-corrected chi connectivity index (χ1v) is 8.54. The Bertz CT molecular complexity index is 506. The normalized spacial score (nSPS) is 10.7. The van der Waals surface area contributed by atoms with Gasteiger partial charge < -0.3 is 16.0 Å². The molecule has 0 unspecified atom stereocenters. The SMILES string of the molecule is CCCCCN=C(NCC)NCCNC(=O)c1cccc(C)c1.I. The molecule has 0 radical (unpaired) electrons. The van der Waals surface area contributed by atoms with Gasteiger partial charge in [0.1, 0.15) is 0 Å². The second-order valence-electron chi connectivity index (χ2n) is 5.52. The summed E-state index contributed by atoms with van der Waals surface area (Å²) in [5.74, 6) is 0.772. The lowest BCUT2D eigenvalue weighted by molar-refractivity contribution is 0.0954. The van der Waals surface area contributed by atoms with E-state index in [0.29, 0.717) is 18.7 Å². The van der Waals surface area contributed by atoms with Crippen molar-refractivity contribution in [2.45, 2.75) is 40.0 Å². The number of unbranched alkanes of at least 4 members (excludes halogenated alkanes) is 2. The van der Waals surface area contributed by atoms with E-state index in [1.54, 1.807) is 0 Å².